The summed E-state index contributed by atoms with van der Waals surface area (Å²) in [5, 5.41) is 9.23. The van der Waals surface area contributed by atoms with Crippen LogP contribution in [0.1, 0.15) is 31.7 Å². The number of pyridine rings is 1. The lowest BCUT2D eigenvalue weighted by molar-refractivity contribution is -0.122. The molecule has 0 spiro atoms. The lowest BCUT2D eigenvalue weighted by Crippen LogP contribution is -2.48. The minimum atomic E-state index is -0.204. The highest BCUT2D eigenvalue weighted by Gasteiger charge is 2.32. The van der Waals surface area contributed by atoms with E-state index in [2.05, 4.69) is 16.7 Å². The Morgan fingerprint density at radius 2 is 1.94 bits per heavy atom. The molecule has 2 fully saturated rings. The van der Waals surface area contributed by atoms with Gasteiger partial charge in [0.25, 0.3) is 11.5 Å². The highest BCUT2D eigenvalue weighted by molar-refractivity contribution is 8.26. The maximum absolute atomic E-state index is 13.5. The van der Waals surface area contributed by atoms with Crippen molar-refractivity contribution in [1.82, 2.24) is 19.2 Å². The molecule has 0 unspecified atom stereocenters. The number of piperazine rings is 1. The number of thiocarbonyl (C=S) groups is 1. The molecule has 2 aromatic heterocycles. The number of carbonyl (C=O) groups is 1. The number of hydrogen-bond donors (Lipinski definition) is 1. The molecule has 0 aromatic carbocycles. The van der Waals surface area contributed by atoms with Gasteiger partial charge >= 0.3 is 0 Å². The summed E-state index contributed by atoms with van der Waals surface area (Å²) < 4.78 is 2.05. The van der Waals surface area contributed by atoms with Crippen LogP contribution in [0.4, 0.5) is 5.82 Å². The molecular formula is C23H29N5O3S2. The van der Waals surface area contributed by atoms with E-state index in [9.17, 15) is 14.7 Å². The van der Waals surface area contributed by atoms with Gasteiger partial charge in [-0.25, -0.2) is 4.98 Å². The van der Waals surface area contributed by atoms with Gasteiger partial charge in [0.05, 0.1) is 17.1 Å². The van der Waals surface area contributed by atoms with Crippen LogP contribution in [0, 0.1) is 0 Å². The number of unbranched alkanes of at least 4 members (excludes halogenated alkanes) is 2. The van der Waals surface area contributed by atoms with Crippen LogP contribution in [0.2, 0.25) is 0 Å². The fourth-order valence-corrected chi connectivity index (χ4v) is 5.42. The molecule has 0 saturated carbocycles. The third kappa shape index (κ3) is 5.13. The van der Waals surface area contributed by atoms with Crippen molar-refractivity contribution in [2.45, 2.75) is 26.2 Å². The Hall–Kier alpha value is -2.27. The number of hydrogen-bond acceptors (Lipinski definition) is 8. The average molecular weight is 488 g/mol. The first-order valence-electron chi connectivity index (χ1n) is 11.4. The number of fused-ring (bicyclic) bond motifs is 1. The van der Waals surface area contributed by atoms with Crippen LogP contribution >= 0.6 is 24.0 Å². The van der Waals surface area contributed by atoms with Crippen LogP contribution in [-0.2, 0) is 4.79 Å². The van der Waals surface area contributed by atoms with Crippen LogP contribution in [-0.4, -0.2) is 80.4 Å². The zero-order chi connectivity index (χ0) is 23.4. The van der Waals surface area contributed by atoms with Gasteiger partial charge in [-0.3, -0.25) is 23.8 Å². The third-order valence-electron chi connectivity index (χ3n) is 5.97. The Labute approximate surface area is 202 Å². The van der Waals surface area contributed by atoms with Crippen molar-refractivity contribution in [2.24, 2.45) is 0 Å². The molecule has 0 radical (unpaired) electrons. The van der Waals surface area contributed by atoms with Crippen LogP contribution in [0.25, 0.3) is 11.7 Å². The predicted octanol–water partition coefficient (Wildman–Crippen LogP) is 2.20. The number of carbonyl (C=O) groups excluding carboxylic acids is 1. The number of thioether (sulfide) groups is 1. The lowest BCUT2D eigenvalue weighted by Gasteiger charge is -2.35. The number of anilines is 1. The van der Waals surface area contributed by atoms with Crippen molar-refractivity contribution >= 4 is 51.7 Å². The van der Waals surface area contributed by atoms with Crippen LogP contribution in [0.3, 0.4) is 0 Å². The van der Waals surface area contributed by atoms with Gasteiger partial charge < -0.3 is 10.0 Å². The van der Waals surface area contributed by atoms with Gasteiger partial charge in [-0.05, 0) is 24.6 Å². The Bertz CT molecular complexity index is 1120. The quantitative estimate of drug-likeness (QED) is 0.345. The van der Waals surface area contributed by atoms with Crippen molar-refractivity contribution in [1.29, 1.82) is 0 Å². The fourth-order valence-electron chi connectivity index (χ4n) is 4.13. The Balaban J connectivity index is 1.70. The predicted molar refractivity (Wildman–Crippen MR) is 137 cm³/mol. The normalized spacial score (nSPS) is 18.8. The summed E-state index contributed by atoms with van der Waals surface area (Å²) in [4.78, 5) is 37.7. The van der Waals surface area contributed by atoms with Gasteiger partial charge in [0, 0.05) is 45.5 Å². The summed E-state index contributed by atoms with van der Waals surface area (Å²) in [5.74, 6) is 0.448. The molecule has 176 valence electrons. The molecule has 2 aliphatic rings. The summed E-state index contributed by atoms with van der Waals surface area (Å²) in [6.07, 6.45) is 6.38. The average Bonchev–Trinajstić information content (AvgIpc) is 3.09. The van der Waals surface area contributed by atoms with Gasteiger partial charge in [0.1, 0.15) is 15.8 Å². The number of β-amino-alcohol motifs (C(OH)–C–C–N with tert-alkyl or cyclic N) is 1. The Morgan fingerprint density at radius 3 is 2.67 bits per heavy atom. The molecule has 1 N–H and O–H groups in total. The standard InChI is InChI=1S/C23H29N5O3S2/c1-2-3-5-9-28-22(31)18(33-23(28)32)16-17-20(26-12-10-25(11-13-26)14-15-29)24-19-7-4-6-8-27(19)21(17)30/h4,6-8,16,29H,2-3,5,9-15H2,1H3/b18-16-. The number of aliphatic hydroxyl groups excluding tert-OH is 1. The van der Waals surface area contributed by atoms with E-state index < -0.39 is 0 Å². The number of aliphatic hydroxyl groups is 1. The zero-order valence-electron chi connectivity index (χ0n) is 18.8. The summed E-state index contributed by atoms with van der Waals surface area (Å²) in [6.45, 7) is 6.41. The van der Waals surface area contributed by atoms with E-state index in [4.69, 9.17) is 17.2 Å². The summed E-state index contributed by atoms with van der Waals surface area (Å²) in [7, 11) is 0. The minimum absolute atomic E-state index is 0.126. The van der Waals surface area contributed by atoms with E-state index >= 15 is 0 Å². The SMILES string of the molecule is CCCCCN1C(=O)/C(=C/c2c(N3CCN(CCO)CC3)nc3ccccn3c2=O)SC1=S. The van der Waals surface area contributed by atoms with Gasteiger partial charge in [-0.2, -0.15) is 0 Å². The molecule has 2 aromatic rings. The van der Waals surface area contributed by atoms with E-state index in [1.54, 1.807) is 23.2 Å². The van der Waals surface area contributed by atoms with Gasteiger partial charge in [-0.1, -0.05) is 49.8 Å². The molecule has 0 bridgehead atoms. The van der Waals surface area contributed by atoms with Crippen molar-refractivity contribution < 1.29 is 9.90 Å². The Morgan fingerprint density at radius 1 is 1.15 bits per heavy atom. The molecule has 2 saturated heterocycles. The van der Waals surface area contributed by atoms with E-state index in [1.165, 1.54) is 16.2 Å². The first-order chi connectivity index (χ1) is 16.0. The first-order valence-corrected chi connectivity index (χ1v) is 12.6. The zero-order valence-corrected chi connectivity index (χ0v) is 20.4. The molecule has 0 atom stereocenters. The third-order valence-corrected chi connectivity index (χ3v) is 7.35. The van der Waals surface area contributed by atoms with Crippen LogP contribution in [0.15, 0.2) is 34.1 Å². The van der Waals surface area contributed by atoms with Crippen molar-refractivity contribution in [3.63, 3.8) is 0 Å². The highest BCUT2D eigenvalue weighted by Crippen LogP contribution is 2.33. The van der Waals surface area contributed by atoms with Crippen LogP contribution < -0.4 is 10.5 Å². The second-order valence-electron chi connectivity index (χ2n) is 8.18. The van der Waals surface area contributed by atoms with Crippen molar-refractivity contribution in [2.75, 3.05) is 50.8 Å². The second kappa shape index (κ2) is 10.8. The van der Waals surface area contributed by atoms with E-state index in [-0.39, 0.29) is 18.1 Å². The van der Waals surface area contributed by atoms with Gasteiger partial charge in [0.15, 0.2) is 0 Å². The maximum Gasteiger partial charge on any atom is 0.267 e. The second-order valence-corrected chi connectivity index (χ2v) is 9.85. The van der Waals surface area contributed by atoms with Gasteiger partial charge in [-0.15, -0.1) is 0 Å². The molecule has 8 nitrogen and oxygen atoms in total. The van der Waals surface area contributed by atoms with Crippen LogP contribution in [0.5, 0.6) is 0 Å². The monoisotopic (exact) mass is 487 g/mol. The Kier molecular flexibility index (Phi) is 7.79. The summed E-state index contributed by atoms with van der Waals surface area (Å²) in [5.41, 5.74) is 0.771. The number of rotatable bonds is 8. The molecule has 4 rings (SSSR count). The lowest BCUT2D eigenvalue weighted by atomic mass is 10.2. The number of nitrogens with zero attached hydrogens (tertiary/aromatic N) is 5. The molecule has 0 aliphatic carbocycles. The molecule has 2 aliphatic heterocycles. The smallest absolute Gasteiger partial charge is 0.267 e. The van der Waals surface area contributed by atoms with E-state index in [1.807, 2.05) is 12.1 Å². The fraction of sp³-hybridized carbons (Fsp3) is 0.478. The molecule has 10 heteroatoms. The van der Waals surface area contributed by atoms with E-state index in [0.717, 1.165) is 32.4 Å². The molecule has 4 heterocycles. The largest absolute Gasteiger partial charge is 0.395 e. The summed E-state index contributed by atoms with van der Waals surface area (Å²) >= 11 is 6.71. The topological polar surface area (TPSA) is 81.4 Å². The molecular weight excluding hydrogens is 458 g/mol. The van der Waals surface area contributed by atoms with Gasteiger partial charge in [0.2, 0.25) is 0 Å². The summed E-state index contributed by atoms with van der Waals surface area (Å²) in [6, 6.07) is 5.45. The van der Waals surface area contributed by atoms with Crippen molar-refractivity contribution in [3.8, 4) is 0 Å². The maximum atomic E-state index is 13.5. The van der Waals surface area contributed by atoms with E-state index in [0.29, 0.717) is 52.4 Å². The van der Waals surface area contributed by atoms with Crippen molar-refractivity contribution in [3.05, 3.63) is 45.2 Å². The highest BCUT2D eigenvalue weighted by atomic mass is 32.2. The number of aromatic nitrogens is 2. The molecule has 33 heavy (non-hydrogen) atoms. The molecule has 1 amide bonds. The first kappa shape index (κ1) is 23.9. The minimum Gasteiger partial charge on any atom is -0.395 e. The number of amides is 1.